The van der Waals surface area contributed by atoms with Gasteiger partial charge in [0, 0.05) is 6.42 Å². The van der Waals surface area contributed by atoms with Crippen molar-refractivity contribution in [1.82, 2.24) is 5.73 Å². The summed E-state index contributed by atoms with van der Waals surface area (Å²) in [4.78, 5) is 0.311. The molecule has 3 N–H and O–H groups in total. The van der Waals surface area contributed by atoms with Gasteiger partial charge in [-0.05, 0) is 13.0 Å². The third-order valence-corrected chi connectivity index (χ3v) is 0.812. The van der Waals surface area contributed by atoms with Gasteiger partial charge in [-0.15, -0.1) is 0 Å². The molecule has 7 heavy (non-hydrogen) atoms. The molecule has 0 spiro atoms. The lowest BCUT2D eigenvalue weighted by molar-refractivity contribution is 0.878. The molecule has 0 aromatic rings. The Bertz CT molecular complexity index is 62.7. The summed E-state index contributed by atoms with van der Waals surface area (Å²) < 4.78 is 0. The van der Waals surface area contributed by atoms with Crippen molar-refractivity contribution in [2.24, 2.45) is 5.73 Å². The summed E-state index contributed by atoms with van der Waals surface area (Å²) in [7, 11) is 0. The summed E-state index contributed by atoms with van der Waals surface area (Å²) >= 11 is 4.47. The van der Waals surface area contributed by atoms with Gasteiger partial charge in [-0.1, -0.05) is 12.2 Å². The molecule has 0 unspecified atom stereocenters. The monoisotopic (exact) mass is 117 g/mol. The Morgan fingerprint density at radius 2 is 2.29 bits per heavy atom. The summed E-state index contributed by atoms with van der Waals surface area (Å²) in [6.07, 6.45) is 1.52. The highest BCUT2D eigenvalue weighted by Crippen LogP contribution is 1.84. The van der Waals surface area contributed by atoms with Gasteiger partial charge < -0.3 is 5.73 Å². The maximum absolute atomic E-state index is 6.76. The van der Waals surface area contributed by atoms with Crippen molar-refractivity contribution < 1.29 is 0 Å². The number of hydrogen-bond donors (Lipinski definition) is 1. The van der Waals surface area contributed by atoms with Crippen LogP contribution < -0.4 is 11.5 Å². The molecule has 0 aromatic carbocycles. The van der Waals surface area contributed by atoms with E-state index in [-0.39, 0.29) is 0 Å². The fourth-order valence-corrected chi connectivity index (χ4v) is 0.407. The normalized spacial score (nSPS) is 8.71. The maximum atomic E-state index is 6.76. The largest absolute Gasteiger partial charge is 0.330 e. The van der Waals surface area contributed by atoms with Gasteiger partial charge in [0.15, 0.2) is 0 Å². The van der Waals surface area contributed by atoms with Crippen molar-refractivity contribution in [1.29, 1.82) is 0 Å². The highest BCUT2D eigenvalue weighted by Gasteiger charge is 1.85. The van der Waals surface area contributed by atoms with E-state index >= 15 is 0 Å². The Balaban J connectivity index is 2.82. The Morgan fingerprint density at radius 1 is 1.71 bits per heavy atom. The first-order valence-electron chi connectivity index (χ1n) is 2.22. The summed E-state index contributed by atoms with van der Waals surface area (Å²) in [6.45, 7) is 0.638. The number of rotatable bonds is 3. The summed E-state index contributed by atoms with van der Waals surface area (Å²) in [5.41, 5.74) is 11.9. The minimum absolute atomic E-state index is 0.311. The molecule has 41 valence electrons. The van der Waals surface area contributed by atoms with Crippen LogP contribution >= 0.6 is 12.2 Å². The zero-order chi connectivity index (χ0) is 5.70. The first-order valence-corrected chi connectivity index (χ1v) is 2.62. The van der Waals surface area contributed by atoms with Gasteiger partial charge in [0.25, 0.3) is 0 Å². The fraction of sp³-hybridized carbons (Fsp3) is 0.750. The van der Waals surface area contributed by atoms with E-state index in [2.05, 4.69) is 12.2 Å². The second kappa shape index (κ2) is 4.02. The van der Waals surface area contributed by atoms with E-state index in [1.54, 1.807) is 0 Å². The Labute approximate surface area is 48.9 Å². The van der Waals surface area contributed by atoms with Gasteiger partial charge in [0.05, 0.1) is 4.99 Å². The van der Waals surface area contributed by atoms with Crippen LogP contribution in [0.1, 0.15) is 12.8 Å². The highest BCUT2D eigenvalue weighted by molar-refractivity contribution is 7.80. The molecule has 0 saturated heterocycles. The molecule has 0 atom stereocenters. The van der Waals surface area contributed by atoms with E-state index in [0.717, 1.165) is 6.42 Å². The standard InChI is InChI=1S/C4H9N2S/c5-3-1-2-4(6)7/h6H,1-3,5H2. The first-order chi connectivity index (χ1) is 3.27. The van der Waals surface area contributed by atoms with Crippen molar-refractivity contribution in [3.63, 3.8) is 0 Å². The molecule has 0 aliphatic heterocycles. The molecule has 0 aromatic heterocycles. The molecule has 0 rings (SSSR count). The van der Waals surface area contributed by atoms with Crippen molar-refractivity contribution in [2.45, 2.75) is 12.8 Å². The van der Waals surface area contributed by atoms with Gasteiger partial charge in [-0.3, -0.25) is 5.73 Å². The Morgan fingerprint density at radius 3 is 2.43 bits per heavy atom. The van der Waals surface area contributed by atoms with E-state index < -0.39 is 0 Å². The molecule has 0 fully saturated rings. The quantitative estimate of drug-likeness (QED) is 0.542. The summed E-state index contributed by atoms with van der Waals surface area (Å²) in [5, 5.41) is 0. The average Bonchev–Trinajstić information content (AvgIpc) is 1.61. The lowest BCUT2D eigenvalue weighted by Gasteiger charge is -1.89. The van der Waals surface area contributed by atoms with Crippen molar-refractivity contribution in [3.8, 4) is 0 Å². The average molecular weight is 117 g/mol. The maximum Gasteiger partial charge on any atom is 0.0940 e. The number of nitrogens with one attached hydrogen (secondary N) is 1. The summed E-state index contributed by atoms with van der Waals surface area (Å²) in [6, 6.07) is 0. The number of nitrogens with two attached hydrogens (primary N) is 1. The SMILES string of the molecule is [NH]C(=S)CCCN. The minimum atomic E-state index is 0.311. The van der Waals surface area contributed by atoms with Crippen molar-refractivity contribution in [3.05, 3.63) is 0 Å². The van der Waals surface area contributed by atoms with Gasteiger partial charge in [-0.2, -0.15) is 0 Å². The van der Waals surface area contributed by atoms with Crippen molar-refractivity contribution >= 4 is 17.2 Å². The molecular formula is C4H9N2S. The first kappa shape index (κ1) is 6.85. The molecule has 2 nitrogen and oxygen atoms in total. The van der Waals surface area contributed by atoms with Gasteiger partial charge in [0.2, 0.25) is 0 Å². The molecule has 0 heterocycles. The zero-order valence-corrected chi connectivity index (χ0v) is 4.92. The van der Waals surface area contributed by atoms with E-state index in [1.807, 2.05) is 0 Å². The molecule has 0 aliphatic rings. The molecular weight excluding hydrogens is 108 g/mol. The van der Waals surface area contributed by atoms with Crippen LogP contribution in [0.25, 0.3) is 0 Å². The molecule has 3 heteroatoms. The second-order valence-corrected chi connectivity index (χ2v) is 1.81. The van der Waals surface area contributed by atoms with Crippen LogP contribution in [0.4, 0.5) is 0 Å². The van der Waals surface area contributed by atoms with E-state index in [9.17, 15) is 0 Å². The van der Waals surface area contributed by atoms with Crippen LogP contribution in [-0.4, -0.2) is 11.5 Å². The van der Waals surface area contributed by atoms with Crippen LogP contribution in [0, 0.1) is 0 Å². The van der Waals surface area contributed by atoms with E-state index in [1.165, 1.54) is 0 Å². The van der Waals surface area contributed by atoms with Crippen LogP contribution in [0.15, 0.2) is 0 Å². The van der Waals surface area contributed by atoms with Gasteiger partial charge >= 0.3 is 0 Å². The van der Waals surface area contributed by atoms with Gasteiger partial charge in [-0.25, -0.2) is 0 Å². The summed E-state index contributed by atoms with van der Waals surface area (Å²) in [5.74, 6) is 0. The predicted octanol–water partition coefficient (Wildman–Crippen LogP) is 0.336. The predicted molar refractivity (Wildman–Crippen MR) is 34.0 cm³/mol. The van der Waals surface area contributed by atoms with Crippen LogP contribution in [0.2, 0.25) is 0 Å². The smallest absolute Gasteiger partial charge is 0.0940 e. The van der Waals surface area contributed by atoms with E-state index in [0.29, 0.717) is 18.0 Å². The Hall–Kier alpha value is -0.150. The second-order valence-electron chi connectivity index (χ2n) is 1.32. The molecule has 1 radical (unpaired) electrons. The van der Waals surface area contributed by atoms with Crippen LogP contribution in [0.5, 0.6) is 0 Å². The molecule has 0 bridgehead atoms. The third kappa shape index (κ3) is 5.85. The fourth-order valence-electron chi connectivity index (χ4n) is 0.263. The molecule has 0 aliphatic carbocycles. The van der Waals surface area contributed by atoms with Gasteiger partial charge in [0.1, 0.15) is 0 Å². The number of thiocarbonyl (C=S) groups is 1. The van der Waals surface area contributed by atoms with Crippen LogP contribution in [-0.2, 0) is 0 Å². The zero-order valence-electron chi connectivity index (χ0n) is 4.11. The lowest BCUT2D eigenvalue weighted by atomic mass is 10.3. The highest BCUT2D eigenvalue weighted by atomic mass is 32.1. The molecule has 0 saturated carbocycles. The minimum Gasteiger partial charge on any atom is -0.330 e. The molecule has 0 amide bonds. The third-order valence-electron chi connectivity index (χ3n) is 0.608. The Kier molecular flexibility index (Phi) is 3.93. The number of hydrogen-bond acceptors (Lipinski definition) is 2. The lowest BCUT2D eigenvalue weighted by Crippen LogP contribution is -2.02. The topological polar surface area (TPSA) is 49.8 Å². The van der Waals surface area contributed by atoms with E-state index in [4.69, 9.17) is 11.5 Å². The van der Waals surface area contributed by atoms with Crippen LogP contribution in [0.3, 0.4) is 0 Å². The van der Waals surface area contributed by atoms with Crippen molar-refractivity contribution in [2.75, 3.05) is 6.54 Å².